The Kier molecular flexibility index (Phi) is 10.8. The topological polar surface area (TPSA) is 167 Å². The molecule has 0 fully saturated rings. The lowest BCUT2D eigenvalue weighted by Gasteiger charge is -2.08. The van der Waals surface area contributed by atoms with Gasteiger partial charge in [-0.3, -0.25) is 19.7 Å². The van der Waals surface area contributed by atoms with Gasteiger partial charge in [-0.15, -0.1) is 0 Å². The van der Waals surface area contributed by atoms with Gasteiger partial charge in [-0.05, 0) is 6.07 Å². The average Bonchev–Trinajstić information content (AvgIpc) is 2.36. The van der Waals surface area contributed by atoms with Crippen LogP contribution in [0.4, 0.5) is 5.69 Å². The highest BCUT2D eigenvalue weighted by Gasteiger charge is 2.14. The average molecular weight is 319 g/mol. The Labute approximate surface area is 125 Å². The minimum absolute atomic E-state index is 0.0780. The fraction of sp³-hybridized carbons (Fsp3) is 0.333. The van der Waals surface area contributed by atoms with Gasteiger partial charge in [0.2, 0.25) is 0 Å². The molecule has 0 aliphatic heterocycles. The van der Waals surface area contributed by atoms with Crippen LogP contribution in [0, 0.1) is 10.1 Å². The highest BCUT2D eigenvalue weighted by Crippen LogP contribution is 2.27. The maximum atomic E-state index is 10.4. The lowest BCUT2D eigenvalue weighted by molar-refractivity contribution is -0.385. The molecule has 0 saturated heterocycles. The van der Waals surface area contributed by atoms with Gasteiger partial charge in [-0.25, -0.2) is 0 Å². The number of carboxylic acid groups (broad SMARTS) is 2. The molecule has 0 spiro atoms. The van der Waals surface area contributed by atoms with Crippen LogP contribution in [0.3, 0.4) is 0 Å². The second-order valence-corrected chi connectivity index (χ2v) is 3.60. The van der Waals surface area contributed by atoms with Gasteiger partial charge in [-0.1, -0.05) is 0 Å². The zero-order valence-electron chi connectivity index (χ0n) is 12.1. The van der Waals surface area contributed by atoms with Crippen LogP contribution in [-0.2, 0) is 9.59 Å². The van der Waals surface area contributed by atoms with Gasteiger partial charge >= 0.3 is 0 Å². The Morgan fingerprint density at radius 2 is 1.59 bits per heavy atom. The molecule has 4 N–H and O–H groups in total. The van der Waals surface area contributed by atoms with E-state index >= 15 is 0 Å². The summed E-state index contributed by atoms with van der Waals surface area (Å²) in [7, 11) is 1.30. The summed E-state index contributed by atoms with van der Waals surface area (Å²) in [5, 5.41) is 43.0. The van der Waals surface area contributed by atoms with E-state index in [1.165, 1.54) is 19.2 Å². The summed E-state index contributed by atoms with van der Waals surface area (Å²) < 4.78 is 4.77. The molecule has 1 aromatic carbocycles. The normalized spacial score (nSPS) is 8.82. The minimum Gasteiger partial charge on any atom is -0.496 e. The van der Waals surface area contributed by atoms with E-state index in [-0.39, 0.29) is 17.0 Å². The third-order valence-corrected chi connectivity index (χ3v) is 1.71. The van der Waals surface area contributed by atoms with Crippen molar-refractivity contribution >= 4 is 17.6 Å². The van der Waals surface area contributed by atoms with Crippen molar-refractivity contribution in [1.82, 2.24) is 0 Å². The zero-order chi connectivity index (χ0) is 17.9. The molecule has 0 aliphatic carbocycles. The number of ether oxygens (including phenoxy) is 1. The summed E-state index contributed by atoms with van der Waals surface area (Å²) in [5.41, 5.74) is -0.0654. The Bertz CT molecular complexity index is 493. The van der Waals surface area contributed by atoms with E-state index in [0.29, 0.717) is 0 Å². The number of methoxy groups -OCH3 is 1. The van der Waals surface area contributed by atoms with E-state index in [1.807, 2.05) is 0 Å². The Balaban J connectivity index is 0. The lowest BCUT2D eigenvalue weighted by atomic mass is 10.2. The van der Waals surface area contributed by atoms with Crippen LogP contribution < -0.4 is 4.74 Å². The fourth-order valence-electron chi connectivity index (χ4n) is 1.03. The number of hydrogen-bond acceptors (Lipinski definition) is 7. The highest BCUT2D eigenvalue weighted by atomic mass is 16.6. The van der Waals surface area contributed by atoms with Crippen LogP contribution in [0.5, 0.6) is 5.75 Å². The van der Waals surface area contributed by atoms with Crippen LogP contribution in [0.2, 0.25) is 0 Å². The number of hydrogen-bond donors (Lipinski definition) is 4. The second-order valence-electron chi connectivity index (χ2n) is 3.60. The molecule has 0 bridgehead atoms. The number of rotatable bonds is 3. The summed E-state index contributed by atoms with van der Waals surface area (Å²) >= 11 is 0. The number of aliphatic carboxylic acids is 2. The van der Waals surface area contributed by atoms with Crippen molar-refractivity contribution in [2.45, 2.75) is 20.1 Å². The molecule has 0 atom stereocenters. The number of non-ortho nitro benzene ring substituents is 1. The SMILES string of the molecule is CC(=O)O.CC(=O)O.COc1cc([N+](=O)[O-])ccc1C(O)O. The molecule has 0 aliphatic rings. The molecule has 0 aromatic heterocycles. The van der Waals surface area contributed by atoms with Crippen molar-refractivity contribution in [3.63, 3.8) is 0 Å². The molecule has 0 unspecified atom stereocenters. The van der Waals surface area contributed by atoms with Gasteiger partial charge in [0.05, 0.1) is 18.1 Å². The van der Waals surface area contributed by atoms with E-state index in [0.717, 1.165) is 19.9 Å². The Hall–Kier alpha value is -2.72. The number of nitro groups is 1. The Morgan fingerprint density at radius 1 is 1.18 bits per heavy atom. The lowest BCUT2D eigenvalue weighted by Crippen LogP contribution is -2.00. The number of aliphatic hydroxyl groups is 2. The van der Waals surface area contributed by atoms with Crippen molar-refractivity contribution in [3.05, 3.63) is 33.9 Å². The van der Waals surface area contributed by atoms with Gasteiger partial charge in [0, 0.05) is 25.5 Å². The van der Waals surface area contributed by atoms with Crippen molar-refractivity contribution in [1.29, 1.82) is 0 Å². The molecule has 22 heavy (non-hydrogen) atoms. The minimum atomic E-state index is -1.70. The highest BCUT2D eigenvalue weighted by molar-refractivity contribution is 5.63. The van der Waals surface area contributed by atoms with Crippen LogP contribution in [0.15, 0.2) is 18.2 Å². The molecule has 10 heteroatoms. The maximum absolute atomic E-state index is 10.4. The van der Waals surface area contributed by atoms with Gasteiger partial charge < -0.3 is 25.2 Å². The predicted molar refractivity (Wildman–Crippen MR) is 73.4 cm³/mol. The first kappa shape index (κ1) is 21.6. The third-order valence-electron chi connectivity index (χ3n) is 1.71. The quantitative estimate of drug-likeness (QED) is 0.357. The molecule has 0 saturated carbocycles. The summed E-state index contributed by atoms with van der Waals surface area (Å²) in [6.07, 6.45) is -1.70. The van der Waals surface area contributed by atoms with Crippen LogP contribution >= 0.6 is 0 Å². The molecular formula is C12H17NO9. The maximum Gasteiger partial charge on any atom is 0.300 e. The molecule has 0 heterocycles. The number of nitro benzene ring substituents is 1. The van der Waals surface area contributed by atoms with Crippen molar-refractivity contribution in [2.75, 3.05) is 7.11 Å². The molecule has 0 amide bonds. The van der Waals surface area contributed by atoms with Crippen molar-refractivity contribution < 1.29 is 39.7 Å². The summed E-state index contributed by atoms with van der Waals surface area (Å²) in [6, 6.07) is 3.55. The van der Waals surface area contributed by atoms with E-state index in [9.17, 15) is 10.1 Å². The van der Waals surface area contributed by atoms with Gasteiger partial charge in [0.25, 0.3) is 17.6 Å². The first-order valence-corrected chi connectivity index (χ1v) is 5.60. The number of carboxylic acids is 2. The van der Waals surface area contributed by atoms with Gasteiger partial charge in [-0.2, -0.15) is 0 Å². The van der Waals surface area contributed by atoms with Crippen LogP contribution in [0.1, 0.15) is 25.7 Å². The zero-order valence-corrected chi connectivity index (χ0v) is 12.1. The number of carbonyl (C=O) groups is 2. The molecule has 0 radical (unpaired) electrons. The van der Waals surface area contributed by atoms with Crippen molar-refractivity contribution in [3.8, 4) is 5.75 Å². The number of aliphatic hydroxyl groups excluding tert-OH is 1. The number of nitrogens with zero attached hydrogens (tertiary/aromatic N) is 1. The van der Waals surface area contributed by atoms with E-state index in [2.05, 4.69) is 0 Å². The second kappa shape index (κ2) is 11.0. The Morgan fingerprint density at radius 3 is 1.86 bits per heavy atom. The summed E-state index contributed by atoms with van der Waals surface area (Å²) in [6.45, 7) is 2.17. The van der Waals surface area contributed by atoms with Crippen molar-refractivity contribution in [2.24, 2.45) is 0 Å². The number of benzene rings is 1. The van der Waals surface area contributed by atoms with Gasteiger partial charge in [0.1, 0.15) is 5.75 Å². The summed E-state index contributed by atoms with van der Waals surface area (Å²) in [4.78, 5) is 27.8. The predicted octanol–water partition coefficient (Wildman–Crippen LogP) is 0.768. The molecule has 124 valence electrons. The largest absolute Gasteiger partial charge is 0.496 e. The van der Waals surface area contributed by atoms with Crippen LogP contribution in [0.25, 0.3) is 0 Å². The van der Waals surface area contributed by atoms with E-state index in [1.54, 1.807) is 0 Å². The first-order valence-electron chi connectivity index (χ1n) is 5.60. The molecular weight excluding hydrogens is 302 g/mol. The van der Waals surface area contributed by atoms with Gasteiger partial charge in [0.15, 0.2) is 6.29 Å². The molecule has 1 aromatic rings. The molecule has 1 rings (SSSR count). The smallest absolute Gasteiger partial charge is 0.300 e. The summed E-state index contributed by atoms with van der Waals surface area (Å²) in [5.74, 6) is -1.59. The van der Waals surface area contributed by atoms with E-state index < -0.39 is 23.2 Å². The fourth-order valence-corrected chi connectivity index (χ4v) is 1.03. The third kappa shape index (κ3) is 11.1. The monoisotopic (exact) mass is 319 g/mol. The van der Waals surface area contributed by atoms with Crippen LogP contribution in [-0.4, -0.2) is 44.4 Å². The molecule has 10 nitrogen and oxygen atoms in total. The standard InChI is InChI=1S/C8H9NO5.2C2H4O2/c1-14-7-4-5(9(12)13)2-3-6(7)8(10)11;2*1-2(3)4/h2-4,8,10-11H,1H3;2*1H3,(H,3,4). The first-order chi connectivity index (χ1) is 10.0. The van der Waals surface area contributed by atoms with E-state index in [4.69, 9.17) is 34.8 Å².